The molecule has 7 heteroatoms. The van der Waals surface area contributed by atoms with E-state index in [9.17, 15) is 9.59 Å². The summed E-state index contributed by atoms with van der Waals surface area (Å²) in [6.07, 6.45) is 3.36. The number of nitrogens with one attached hydrogen (secondary N) is 3. The van der Waals surface area contributed by atoms with Crippen LogP contribution in [-0.2, 0) is 9.53 Å². The van der Waals surface area contributed by atoms with E-state index in [1.54, 1.807) is 24.3 Å². The largest absolute Gasteiger partial charge is 0.465 e. The second-order valence-electron chi connectivity index (χ2n) is 7.21. The minimum absolute atomic E-state index is 0.0745. The van der Waals surface area contributed by atoms with Gasteiger partial charge in [-0.3, -0.25) is 4.79 Å². The fraction of sp³-hybridized carbons (Fsp3) is 0.318. The number of hydrogen-bond donors (Lipinski definition) is 3. The number of anilines is 2. The first-order chi connectivity index (χ1) is 13.9. The van der Waals surface area contributed by atoms with Gasteiger partial charge in [-0.2, -0.15) is 0 Å². The summed E-state index contributed by atoms with van der Waals surface area (Å²) in [7, 11) is 1.34. The molecule has 0 radical (unpaired) electrons. The Morgan fingerprint density at radius 1 is 1.00 bits per heavy atom. The second kappa shape index (κ2) is 9.05. The SMILES string of the molecule is COC(=O)c1ccc(NC(=S)NC2(C(=O)Nc3ccccc3C)CCCC2)cc1. The van der Waals surface area contributed by atoms with Crippen molar-refractivity contribution in [1.29, 1.82) is 0 Å². The molecule has 3 N–H and O–H groups in total. The molecule has 2 aromatic carbocycles. The number of para-hydroxylation sites is 1. The van der Waals surface area contributed by atoms with E-state index in [4.69, 9.17) is 17.0 Å². The van der Waals surface area contributed by atoms with Crippen LogP contribution in [0.3, 0.4) is 0 Å². The summed E-state index contributed by atoms with van der Waals surface area (Å²) >= 11 is 5.47. The topological polar surface area (TPSA) is 79.5 Å². The third kappa shape index (κ3) is 4.92. The number of benzene rings is 2. The van der Waals surface area contributed by atoms with Crippen LogP contribution < -0.4 is 16.0 Å². The molecule has 0 saturated heterocycles. The fourth-order valence-corrected chi connectivity index (χ4v) is 3.84. The Labute approximate surface area is 176 Å². The average Bonchev–Trinajstić information content (AvgIpc) is 3.19. The molecular weight excluding hydrogens is 386 g/mol. The molecule has 1 fully saturated rings. The minimum atomic E-state index is -0.738. The molecule has 1 aliphatic carbocycles. The molecule has 1 amide bonds. The van der Waals surface area contributed by atoms with Crippen molar-refractivity contribution in [2.75, 3.05) is 17.7 Å². The molecule has 0 atom stereocenters. The number of hydrogen-bond acceptors (Lipinski definition) is 4. The van der Waals surface area contributed by atoms with Crippen molar-refractivity contribution in [2.45, 2.75) is 38.1 Å². The van der Waals surface area contributed by atoms with E-state index < -0.39 is 11.5 Å². The van der Waals surface area contributed by atoms with E-state index in [1.807, 2.05) is 31.2 Å². The highest BCUT2D eigenvalue weighted by Gasteiger charge is 2.41. The lowest BCUT2D eigenvalue weighted by molar-refractivity contribution is -0.121. The Hall–Kier alpha value is -2.93. The lowest BCUT2D eigenvalue weighted by Crippen LogP contribution is -2.56. The Morgan fingerprint density at radius 3 is 2.28 bits per heavy atom. The Bertz CT molecular complexity index is 906. The number of carbonyl (C=O) groups is 2. The maximum atomic E-state index is 13.1. The molecule has 0 aromatic heterocycles. The van der Waals surface area contributed by atoms with Gasteiger partial charge in [-0.05, 0) is 67.9 Å². The molecule has 0 bridgehead atoms. The molecule has 0 heterocycles. The Balaban J connectivity index is 1.68. The lowest BCUT2D eigenvalue weighted by Gasteiger charge is -2.30. The van der Waals surface area contributed by atoms with Gasteiger partial charge in [0.15, 0.2) is 5.11 Å². The summed E-state index contributed by atoms with van der Waals surface area (Å²) in [5.41, 5.74) is 2.27. The number of aryl methyl sites for hydroxylation is 1. The van der Waals surface area contributed by atoms with Crippen molar-refractivity contribution in [1.82, 2.24) is 5.32 Å². The number of rotatable bonds is 5. The summed E-state index contributed by atoms with van der Waals surface area (Å²) in [5.74, 6) is -0.468. The highest BCUT2D eigenvalue weighted by molar-refractivity contribution is 7.80. The van der Waals surface area contributed by atoms with Gasteiger partial charge in [-0.15, -0.1) is 0 Å². The predicted octanol–water partition coefficient (Wildman–Crippen LogP) is 4.02. The number of carbonyl (C=O) groups excluding carboxylic acids is 2. The molecule has 1 saturated carbocycles. The normalized spacial score (nSPS) is 14.7. The van der Waals surface area contributed by atoms with E-state index in [-0.39, 0.29) is 5.91 Å². The van der Waals surface area contributed by atoms with Gasteiger partial charge in [0, 0.05) is 11.4 Å². The van der Waals surface area contributed by atoms with E-state index in [0.29, 0.717) is 23.5 Å². The monoisotopic (exact) mass is 411 g/mol. The standard InChI is InChI=1S/C22H25N3O3S/c1-15-7-3-4-8-18(15)24-20(27)22(13-5-6-14-22)25-21(29)23-17-11-9-16(10-12-17)19(26)28-2/h3-4,7-12H,5-6,13-14H2,1-2H3,(H,24,27)(H2,23,25,29). The molecule has 1 aliphatic rings. The fourth-order valence-electron chi connectivity index (χ4n) is 3.53. The quantitative estimate of drug-likeness (QED) is 0.509. The first kappa shape index (κ1) is 20.8. The van der Waals surface area contributed by atoms with Crippen LogP contribution in [0.1, 0.15) is 41.6 Å². The molecule has 2 aromatic rings. The summed E-state index contributed by atoms with van der Waals surface area (Å²) < 4.78 is 4.70. The van der Waals surface area contributed by atoms with Gasteiger partial charge in [-0.1, -0.05) is 31.0 Å². The smallest absolute Gasteiger partial charge is 0.337 e. The number of amides is 1. The van der Waals surface area contributed by atoms with E-state index in [1.165, 1.54) is 7.11 Å². The third-order valence-corrected chi connectivity index (χ3v) is 5.41. The zero-order valence-corrected chi connectivity index (χ0v) is 17.4. The van der Waals surface area contributed by atoms with Crippen LogP contribution in [0.15, 0.2) is 48.5 Å². The van der Waals surface area contributed by atoms with Crippen LogP contribution in [0, 0.1) is 6.92 Å². The third-order valence-electron chi connectivity index (χ3n) is 5.20. The van der Waals surface area contributed by atoms with Gasteiger partial charge < -0.3 is 20.7 Å². The summed E-state index contributed by atoms with van der Waals surface area (Å²) in [6.45, 7) is 1.97. The molecule has 0 aliphatic heterocycles. The van der Waals surface area contributed by atoms with Gasteiger partial charge >= 0.3 is 5.97 Å². The molecule has 29 heavy (non-hydrogen) atoms. The summed E-state index contributed by atoms with van der Waals surface area (Å²) in [6, 6.07) is 14.5. The van der Waals surface area contributed by atoms with Crippen LogP contribution >= 0.6 is 12.2 Å². The van der Waals surface area contributed by atoms with Crippen LogP contribution in [0.5, 0.6) is 0 Å². The van der Waals surface area contributed by atoms with Gasteiger partial charge in [0.2, 0.25) is 5.91 Å². The van der Waals surface area contributed by atoms with Crippen molar-refractivity contribution < 1.29 is 14.3 Å². The van der Waals surface area contributed by atoms with Gasteiger partial charge in [-0.25, -0.2) is 4.79 Å². The van der Waals surface area contributed by atoms with Gasteiger partial charge in [0.25, 0.3) is 0 Å². The highest BCUT2D eigenvalue weighted by Crippen LogP contribution is 2.31. The maximum absolute atomic E-state index is 13.1. The van der Waals surface area contributed by atoms with Crippen molar-refractivity contribution in [2.24, 2.45) is 0 Å². The Kier molecular flexibility index (Phi) is 6.49. The zero-order valence-electron chi connectivity index (χ0n) is 16.6. The minimum Gasteiger partial charge on any atom is -0.465 e. The van der Waals surface area contributed by atoms with Crippen molar-refractivity contribution in [3.63, 3.8) is 0 Å². The molecule has 3 rings (SSSR count). The van der Waals surface area contributed by atoms with Crippen LogP contribution in [0.2, 0.25) is 0 Å². The number of esters is 1. The van der Waals surface area contributed by atoms with Crippen molar-refractivity contribution in [3.05, 3.63) is 59.7 Å². The highest BCUT2D eigenvalue weighted by atomic mass is 32.1. The average molecular weight is 412 g/mol. The molecule has 0 spiro atoms. The zero-order chi connectivity index (χ0) is 20.9. The van der Waals surface area contributed by atoms with E-state index >= 15 is 0 Å². The van der Waals surface area contributed by atoms with Crippen molar-refractivity contribution >= 4 is 40.6 Å². The molecule has 152 valence electrons. The first-order valence-corrected chi connectivity index (χ1v) is 9.99. The van der Waals surface area contributed by atoms with E-state index in [2.05, 4.69) is 16.0 Å². The molecule has 6 nitrogen and oxygen atoms in total. The lowest BCUT2D eigenvalue weighted by atomic mass is 9.96. The second-order valence-corrected chi connectivity index (χ2v) is 7.61. The summed E-state index contributed by atoms with van der Waals surface area (Å²) in [5, 5.41) is 9.76. The van der Waals surface area contributed by atoms with Crippen LogP contribution in [-0.4, -0.2) is 29.6 Å². The van der Waals surface area contributed by atoms with Gasteiger partial charge in [0.05, 0.1) is 12.7 Å². The maximum Gasteiger partial charge on any atom is 0.337 e. The predicted molar refractivity (Wildman–Crippen MR) is 118 cm³/mol. The molecular formula is C22H25N3O3S. The first-order valence-electron chi connectivity index (χ1n) is 9.58. The van der Waals surface area contributed by atoms with Crippen LogP contribution in [0.25, 0.3) is 0 Å². The van der Waals surface area contributed by atoms with Crippen molar-refractivity contribution in [3.8, 4) is 0 Å². The van der Waals surface area contributed by atoms with Gasteiger partial charge in [0.1, 0.15) is 5.54 Å². The number of thiocarbonyl (C=S) groups is 1. The summed E-state index contributed by atoms with van der Waals surface area (Å²) in [4.78, 5) is 24.7. The van der Waals surface area contributed by atoms with E-state index in [0.717, 1.165) is 29.8 Å². The Morgan fingerprint density at radius 2 is 1.66 bits per heavy atom. The number of ether oxygens (including phenoxy) is 1. The van der Waals surface area contributed by atoms with Crippen LogP contribution in [0.4, 0.5) is 11.4 Å². The molecule has 0 unspecified atom stereocenters. The number of methoxy groups -OCH3 is 1.